The lowest BCUT2D eigenvalue weighted by Crippen LogP contribution is -2.22. The Labute approximate surface area is 117 Å². The van der Waals surface area contributed by atoms with E-state index in [1.807, 2.05) is 6.92 Å². The van der Waals surface area contributed by atoms with Crippen LogP contribution in [0.5, 0.6) is 0 Å². The van der Waals surface area contributed by atoms with E-state index in [1.54, 1.807) is 0 Å². The van der Waals surface area contributed by atoms with Crippen molar-refractivity contribution >= 4 is 28.4 Å². The van der Waals surface area contributed by atoms with Crippen LogP contribution in [0.25, 0.3) is 0 Å². The fourth-order valence-electron chi connectivity index (χ4n) is 2.44. The lowest BCUT2D eigenvalue weighted by molar-refractivity contribution is 0.220. The van der Waals surface area contributed by atoms with Crippen LogP contribution in [0.1, 0.15) is 57.0 Å². The maximum Gasteiger partial charge on any atom is 0.140 e. The van der Waals surface area contributed by atoms with Gasteiger partial charge in [-0.15, -0.1) is 0 Å². The number of aromatic nitrogens is 2. The molecule has 3 nitrogen and oxygen atoms in total. The maximum absolute atomic E-state index is 5.92. The summed E-state index contributed by atoms with van der Waals surface area (Å²) in [6.45, 7) is 6.70. The summed E-state index contributed by atoms with van der Waals surface area (Å²) in [6, 6.07) is 0. The molecule has 0 aromatic carbocycles. The molecule has 17 heavy (non-hydrogen) atoms. The Kier molecular flexibility index (Phi) is 3.61. The highest BCUT2D eigenvalue weighted by Gasteiger charge is 2.29. The Balaban J connectivity index is 2.19. The molecule has 1 heterocycles. The standard InChI is InChI=1S/C13H20IN3/c1-8-10(14)11(15)17-12(16-8)9-4-6-13(2,3)7-5-9/h9H,4-7H2,1-3H3,(H2,15,16,17). The van der Waals surface area contributed by atoms with Gasteiger partial charge in [0.1, 0.15) is 11.6 Å². The molecule has 0 saturated heterocycles. The fourth-order valence-corrected chi connectivity index (χ4v) is 2.69. The summed E-state index contributed by atoms with van der Waals surface area (Å²) < 4.78 is 0.988. The van der Waals surface area contributed by atoms with Crippen LogP contribution in [-0.4, -0.2) is 9.97 Å². The molecule has 0 spiro atoms. The molecule has 1 fully saturated rings. The van der Waals surface area contributed by atoms with Crippen molar-refractivity contribution in [2.45, 2.75) is 52.4 Å². The quantitative estimate of drug-likeness (QED) is 0.791. The maximum atomic E-state index is 5.92. The summed E-state index contributed by atoms with van der Waals surface area (Å²) in [7, 11) is 0. The Morgan fingerprint density at radius 2 is 1.82 bits per heavy atom. The van der Waals surface area contributed by atoms with Crippen molar-refractivity contribution in [1.82, 2.24) is 9.97 Å². The van der Waals surface area contributed by atoms with Gasteiger partial charge in [0.15, 0.2) is 0 Å². The first-order valence-electron chi connectivity index (χ1n) is 6.18. The topological polar surface area (TPSA) is 51.8 Å². The van der Waals surface area contributed by atoms with Crippen molar-refractivity contribution in [2.75, 3.05) is 5.73 Å². The third kappa shape index (κ3) is 2.89. The van der Waals surface area contributed by atoms with E-state index in [0.29, 0.717) is 17.2 Å². The molecule has 1 aliphatic carbocycles. The van der Waals surface area contributed by atoms with Crippen molar-refractivity contribution in [3.8, 4) is 0 Å². The second kappa shape index (κ2) is 4.71. The highest BCUT2D eigenvalue weighted by atomic mass is 127. The Morgan fingerprint density at radius 1 is 1.24 bits per heavy atom. The number of nitrogen functional groups attached to an aromatic ring is 1. The summed E-state index contributed by atoms with van der Waals surface area (Å²) in [6.07, 6.45) is 4.89. The van der Waals surface area contributed by atoms with Gasteiger partial charge in [-0.2, -0.15) is 0 Å². The molecule has 0 radical (unpaired) electrons. The van der Waals surface area contributed by atoms with Crippen molar-refractivity contribution in [3.05, 3.63) is 15.1 Å². The van der Waals surface area contributed by atoms with Gasteiger partial charge in [-0.1, -0.05) is 13.8 Å². The monoisotopic (exact) mass is 345 g/mol. The molecule has 1 aliphatic rings. The number of hydrogen-bond acceptors (Lipinski definition) is 3. The molecule has 94 valence electrons. The molecule has 2 N–H and O–H groups in total. The fraction of sp³-hybridized carbons (Fsp3) is 0.692. The molecule has 0 unspecified atom stereocenters. The van der Waals surface area contributed by atoms with Gasteiger partial charge in [-0.3, -0.25) is 0 Å². The van der Waals surface area contributed by atoms with Gasteiger partial charge in [0.05, 0.1) is 9.26 Å². The van der Waals surface area contributed by atoms with E-state index < -0.39 is 0 Å². The van der Waals surface area contributed by atoms with Gasteiger partial charge in [0, 0.05) is 5.92 Å². The number of nitrogens with two attached hydrogens (primary N) is 1. The summed E-state index contributed by atoms with van der Waals surface area (Å²) in [5.74, 6) is 2.09. The summed E-state index contributed by atoms with van der Waals surface area (Å²) in [4.78, 5) is 9.07. The predicted octanol–water partition coefficient (Wildman–Crippen LogP) is 3.66. The Bertz CT molecular complexity index is 396. The van der Waals surface area contributed by atoms with Crippen LogP contribution < -0.4 is 5.73 Å². The zero-order valence-electron chi connectivity index (χ0n) is 10.8. The predicted molar refractivity (Wildman–Crippen MR) is 78.9 cm³/mol. The molecule has 0 atom stereocenters. The van der Waals surface area contributed by atoms with Crippen molar-refractivity contribution < 1.29 is 0 Å². The first-order valence-corrected chi connectivity index (χ1v) is 7.26. The van der Waals surface area contributed by atoms with E-state index in [9.17, 15) is 0 Å². The molecule has 1 aromatic rings. The molecule has 0 aliphatic heterocycles. The number of nitrogens with zero attached hydrogens (tertiary/aromatic N) is 2. The van der Waals surface area contributed by atoms with Crippen LogP contribution in [-0.2, 0) is 0 Å². The number of anilines is 1. The van der Waals surface area contributed by atoms with Gasteiger partial charge in [0.2, 0.25) is 0 Å². The lowest BCUT2D eigenvalue weighted by Gasteiger charge is -2.33. The van der Waals surface area contributed by atoms with Crippen LogP contribution in [0.15, 0.2) is 0 Å². The Hall–Kier alpha value is -0.390. The van der Waals surface area contributed by atoms with Crippen molar-refractivity contribution in [2.24, 2.45) is 5.41 Å². The average molecular weight is 345 g/mol. The van der Waals surface area contributed by atoms with E-state index in [1.165, 1.54) is 25.7 Å². The summed E-state index contributed by atoms with van der Waals surface area (Å²) >= 11 is 2.21. The normalized spacial score (nSPS) is 20.5. The van der Waals surface area contributed by atoms with E-state index >= 15 is 0 Å². The largest absolute Gasteiger partial charge is 0.383 e. The third-order valence-electron chi connectivity index (χ3n) is 3.76. The van der Waals surface area contributed by atoms with E-state index in [-0.39, 0.29) is 0 Å². The highest BCUT2D eigenvalue weighted by Crippen LogP contribution is 2.41. The first-order chi connectivity index (χ1) is 7.89. The molecule has 1 saturated carbocycles. The molecule has 4 heteroatoms. The molecular weight excluding hydrogens is 325 g/mol. The minimum atomic E-state index is 0.486. The van der Waals surface area contributed by atoms with E-state index in [0.717, 1.165) is 15.1 Å². The van der Waals surface area contributed by atoms with Gasteiger partial charge < -0.3 is 5.73 Å². The van der Waals surface area contributed by atoms with Crippen LogP contribution in [0.2, 0.25) is 0 Å². The average Bonchev–Trinajstić information content (AvgIpc) is 2.25. The second-order valence-electron chi connectivity index (χ2n) is 5.80. The zero-order valence-corrected chi connectivity index (χ0v) is 12.9. The zero-order chi connectivity index (χ0) is 12.6. The molecule has 0 bridgehead atoms. The van der Waals surface area contributed by atoms with Crippen molar-refractivity contribution in [3.63, 3.8) is 0 Å². The summed E-state index contributed by atoms with van der Waals surface area (Å²) in [5, 5.41) is 0. The van der Waals surface area contributed by atoms with Gasteiger partial charge in [-0.25, -0.2) is 9.97 Å². The molecular formula is C13H20IN3. The smallest absolute Gasteiger partial charge is 0.140 e. The first kappa shape index (κ1) is 13.1. The van der Waals surface area contributed by atoms with E-state index in [4.69, 9.17) is 5.73 Å². The third-order valence-corrected chi connectivity index (χ3v) is 5.10. The number of rotatable bonds is 1. The van der Waals surface area contributed by atoms with Gasteiger partial charge >= 0.3 is 0 Å². The van der Waals surface area contributed by atoms with Crippen LogP contribution in [0.4, 0.5) is 5.82 Å². The molecule has 2 rings (SSSR count). The number of aryl methyl sites for hydroxylation is 1. The van der Waals surface area contributed by atoms with E-state index in [2.05, 4.69) is 46.4 Å². The minimum absolute atomic E-state index is 0.486. The number of halogens is 1. The lowest BCUT2D eigenvalue weighted by atomic mass is 9.73. The summed E-state index contributed by atoms with van der Waals surface area (Å²) in [5.41, 5.74) is 7.42. The Morgan fingerprint density at radius 3 is 2.35 bits per heavy atom. The van der Waals surface area contributed by atoms with Crippen LogP contribution >= 0.6 is 22.6 Å². The second-order valence-corrected chi connectivity index (χ2v) is 6.88. The number of hydrogen-bond donors (Lipinski definition) is 1. The van der Waals surface area contributed by atoms with Crippen molar-refractivity contribution in [1.29, 1.82) is 0 Å². The highest BCUT2D eigenvalue weighted by molar-refractivity contribution is 14.1. The van der Waals surface area contributed by atoms with Gasteiger partial charge in [0.25, 0.3) is 0 Å². The molecule has 0 amide bonds. The minimum Gasteiger partial charge on any atom is -0.383 e. The molecule has 1 aromatic heterocycles. The van der Waals surface area contributed by atoms with Crippen LogP contribution in [0, 0.1) is 15.9 Å². The van der Waals surface area contributed by atoms with Gasteiger partial charge in [-0.05, 0) is 60.6 Å². The van der Waals surface area contributed by atoms with Crippen LogP contribution in [0.3, 0.4) is 0 Å². The SMILES string of the molecule is Cc1nc(C2CCC(C)(C)CC2)nc(N)c1I.